The number of rotatable bonds is 8. The average molecular weight is 258 g/mol. The second-order valence-corrected chi connectivity index (χ2v) is 4.35. The van der Waals surface area contributed by atoms with E-state index in [1.807, 2.05) is 27.7 Å². The van der Waals surface area contributed by atoms with E-state index in [4.69, 9.17) is 9.47 Å². The van der Waals surface area contributed by atoms with Gasteiger partial charge in [-0.2, -0.15) is 0 Å². The van der Waals surface area contributed by atoms with Crippen molar-refractivity contribution in [1.82, 2.24) is 0 Å². The molecule has 0 fully saturated rings. The van der Waals surface area contributed by atoms with Crippen LogP contribution in [-0.2, 0) is 19.1 Å². The quantitative estimate of drug-likeness (QED) is 0.496. The highest BCUT2D eigenvalue weighted by atomic mass is 16.6. The highest BCUT2D eigenvalue weighted by molar-refractivity contribution is 6.00. The van der Waals surface area contributed by atoms with Crippen molar-refractivity contribution in [3.05, 3.63) is 0 Å². The molecule has 106 valence electrons. The topological polar surface area (TPSA) is 52.6 Å². The number of hydrogen-bond acceptors (Lipinski definition) is 4. The van der Waals surface area contributed by atoms with Crippen molar-refractivity contribution >= 4 is 11.9 Å². The van der Waals surface area contributed by atoms with E-state index in [0.717, 1.165) is 12.8 Å². The lowest BCUT2D eigenvalue weighted by molar-refractivity contribution is -0.176. The van der Waals surface area contributed by atoms with Crippen molar-refractivity contribution in [2.24, 2.45) is 5.41 Å². The molecule has 0 heterocycles. The van der Waals surface area contributed by atoms with Gasteiger partial charge >= 0.3 is 11.9 Å². The van der Waals surface area contributed by atoms with Crippen LogP contribution in [0.3, 0.4) is 0 Å². The highest BCUT2D eigenvalue weighted by Gasteiger charge is 2.46. The van der Waals surface area contributed by atoms with Crippen molar-refractivity contribution in [3.8, 4) is 0 Å². The molecular weight excluding hydrogens is 232 g/mol. The molecule has 0 aliphatic heterocycles. The fourth-order valence-electron chi connectivity index (χ4n) is 1.90. The Hall–Kier alpha value is -1.06. The van der Waals surface area contributed by atoms with Crippen LogP contribution >= 0.6 is 0 Å². The van der Waals surface area contributed by atoms with Gasteiger partial charge in [-0.3, -0.25) is 9.59 Å². The number of esters is 2. The molecule has 0 unspecified atom stereocenters. The second kappa shape index (κ2) is 8.11. The molecule has 0 atom stereocenters. The molecule has 0 spiro atoms. The summed E-state index contributed by atoms with van der Waals surface area (Å²) >= 11 is 0. The Bertz CT molecular complexity index is 265. The zero-order valence-electron chi connectivity index (χ0n) is 12.2. The molecule has 0 saturated heterocycles. The average Bonchev–Trinajstić information content (AvgIpc) is 2.38. The van der Waals surface area contributed by atoms with Gasteiger partial charge in [0.25, 0.3) is 0 Å². The van der Waals surface area contributed by atoms with Gasteiger partial charge < -0.3 is 9.47 Å². The van der Waals surface area contributed by atoms with Gasteiger partial charge in [-0.15, -0.1) is 0 Å². The second-order valence-electron chi connectivity index (χ2n) is 4.35. The van der Waals surface area contributed by atoms with E-state index in [-0.39, 0.29) is 12.7 Å². The van der Waals surface area contributed by atoms with Crippen molar-refractivity contribution in [2.45, 2.75) is 66.4 Å². The van der Waals surface area contributed by atoms with Crippen LogP contribution in [-0.4, -0.2) is 24.6 Å². The largest absolute Gasteiger partial charge is 0.465 e. The van der Waals surface area contributed by atoms with Crippen molar-refractivity contribution in [2.75, 3.05) is 6.61 Å². The van der Waals surface area contributed by atoms with Gasteiger partial charge in [-0.25, -0.2) is 0 Å². The van der Waals surface area contributed by atoms with Crippen LogP contribution in [0.5, 0.6) is 0 Å². The number of carbonyl (C=O) groups is 2. The van der Waals surface area contributed by atoms with Crippen LogP contribution in [0.2, 0.25) is 0 Å². The molecule has 0 aromatic carbocycles. The summed E-state index contributed by atoms with van der Waals surface area (Å²) in [5.74, 6) is -0.911. The number of ether oxygens (including phenoxy) is 2. The van der Waals surface area contributed by atoms with Gasteiger partial charge in [0, 0.05) is 0 Å². The number of carbonyl (C=O) groups excluding carboxylic acids is 2. The molecule has 4 nitrogen and oxygen atoms in total. The summed E-state index contributed by atoms with van der Waals surface area (Å²) in [5, 5.41) is 0. The fraction of sp³-hybridized carbons (Fsp3) is 0.857. The number of hydrogen-bond donors (Lipinski definition) is 0. The van der Waals surface area contributed by atoms with Gasteiger partial charge in [0.15, 0.2) is 5.41 Å². The molecule has 0 aromatic heterocycles. The molecule has 0 saturated carbocycles. The SMILES string of the molecule is CCOC(=O)C(CC)(CC)C(=O)OC(CC)CC. The van der Waals surface area contributed by atoms with Gasteiger partial charge in [0.2, 0.25) is 0 Å². The first-order valence-electron chi connectivity index (χ1n) is 6.90. The molecule has 0 aliphatic carbocycles. The third kappa shape index (κ3) is 3.72. The molecule has 0 bridgehead atoms. The Morgan fingerprint density at radius 1 is 0.944 bits per heavy atom. The third-order valence-corrected chi connectivity index (χ3v) is 3.45. The Kier molecular flexibility index (Phi) is 7.64. The molecule has 0 rings (SSSR count). The zero-order valence-corrected chi connectivity index (χ0v) is 12.2. The minimum atomic E-state index is -1.14. The first-order chi connectivity index (χ1) is 8.52. The predicted octanol–water partition coefficient (Wildman–Crippen LogP) is 3.09. The molecule has 0 aliphatic rings. The van der Waals surface area contributed by atoms with Crippen LogP contribution in [0.15, 0.2) is 0 Å². The van der Waals surface area contributed by atoms with E-state index in [1.54, 1.807) is 6.92 Å². The fourth-order valence-corrected chi connectivity index (χ4v) is 1.90. The third-order valence-electron chi connectivity index (χ3n) is 3.45. The summed E-state index contributed by atoms with van der Waals surface area (Å²) in [6.07, 6.45) is 2.20. The van der Waals surface area contributed by atoms with Crippen LogP contribution in [0.1, 0.15) is 60.3 Å². The standard InChI is InChI=1S/C14H26O4/c1-6-11(7-2)18-13(16)14(8-3,9-4)12(15)17-10-5/h11H,6-10H2,1-5H3. The monoisotopic (exact) mass is 258 g/mol. The predicted molar refractivity (Wildman–Crippen MR) is 70.1 cm³/mol. The maximum atomic E-state index is 12.2. The van der Waals surface area contributed by atoms with Gasteiger partial charge in [-0.05, 0) is 32.6 Å². The van der Waals surface area contributed by atoms with E-state index < -0.39 is 17.4 Å². The summed E-state index contributed by atoms with van der Waals surface area (Å²) in [4.78, 5) is 24.3. The lowest BCUT2D eigenvalue weighted by Gasteiger charge is -2.28. The van der Waals surface area contributed by atoms with E-state index in [2.05, 4.69) is 0 Å². The van der Waals surface area contributed by atoms with Gasteiger partial charge in [0.1, 0.15) is 6.10 Å². The maximum absolute atomic E-state index is 12.2. The van der Waals surface area contributed by atoms with Crippen molar-refractivity contribution < 1.29 is 19.1 Å². The van der Waals surface area contributed by atoms with Crippen LogP contribution in [0.25, 0.3) is 0 Å². The lowest BCUT2D eigenvalue weighted by Crippen LogP contribution is -2.42. The lowest BCUT2D eigenvalue weighted by atomic mass is 9.82. The summed E-state index contributed by atoms with van der Waals surface area (Å²) in [7, 11) is 0. The minimum absolute atomic E-state index is 0.121. The Morgan fingerprint density at radius 2 is 1.44 bits per heavy atom. The first-order valence-corrected chi connectivity index (χ1v) is 6.90. The van der Waals surface area contributed by atoms with Gasteiger partial charge in [-0.1, -0.05) is 27.7 Å². The maximum Gasteiger partial charge on any atom is 0.323 e. The van der Waals surface area contributed by atoms with Crippen molar-refractivity contribution in [3.63, 3.8) is 0 Å². The van der Waals surface area contributed by atoms with E-state index in [0.29, 0.717) is 12.8 Å². The van der Waals surface area contributed by atoms with E-state index in [9.17, 15) is 9.59 Å². The van der Waals surface area contributed by atoms with Crippen LogP contribution in [0.4, 0.5) is 0 Å². The molecule has 4 heteroatoms. The van der Waals surface area contributed by atoms with E-state index in [1.165, 1.54) is 0 Å². The summed E-state index contributed by atoms with van der Waals surface area (Å²) in [6.45, 7) is 9.57. The first kappa shape index (κ1) is 16.9. The molecule has 0 radical (unpaired) electrons. The molecule has 0 amide bonds. The van der Waals surface area contributed by atoms with Crippen molar-refractivity contribution in [1.29, 1.82) is 0 Å². The minimum Gasteiger partial charge on any atom is -0.465 e. The Balaban J connectivity index is 4.97. The molecule has 0 aromatic rings. The van der Waals surface area contributed by atoms with Crippen LogP contribution in [0, 0.1) is 5.41 Å². The Labute approximate surface area is 110 Å². The smallest absolute Gasteiger partial charge is 0.323 e. The van der Waals surface area contributed by atoms with Gasteiger partial charge in [0.05, 0.1) is 6.61 Å². The van der Waals surface area contributed by atoms with Crippen LogP contribution < -0.4 is 0 Å². The highest BCUT2D eigenvalue weighted by Crippen LogP contribution is 2.31. The summed E-state index contributed by atoms with van der Waals surface area (Å²) in [5.41, 5.74) is -1.14. The van der Waals surface area contributed by atoms with E-state index >= 15 is 0 Å². The molecule has 18 heavy (non-hydrogen) atoms. The normalized spacial score (nSPS) is 11.4. The zero-order chi connectivity index (χ0) is 14.2. The Morgan fingerprint density at radius 3 is 1.78 bits per heavy atom. The molecule has 0 N–H and O–H groups in total. The summed E-state index contributed by atoms with van der Waals surface area (Å²) in [6, 6.07) is 0. The molecular formula is C14H26O4. The summed E-state index contributed by atoms with van der Waals surface area (Å²) < 4.78 is 10.4.